The standard InChI is InChI=1S/C23H20F3N3O5/c1-13-10-15(34-12-20(31)33-3)8-9-17(13)27-22(32)21-19(30)11-14(2)29(28-21)18-7-5-4-6-16(18)23(24,25)26/h4-11H,12H2,1-3H3,(H,27,32). The van der Waals surface area contributed by atoms with E-state index in [9.17, 15) is 27.6 Å². The van der Waals surface area contributed by atoms with Gasteiger partial charge in [0, 0.05) is 17.4 Å². The number of hydrogen-bond acceptors (Lipinski definition) is 6. The molecule has 8 nitrogen and oxygen atoms in total. The lowest BCUT2D eigenvalue weighted by molar-refractivity contribution is -0.143. The number of hydrogen-bond donors (Lipinski definition) is 1. The van der Waals surface area contributed by atoms with Crippen molar-refractivity contribution in [3.8, 4) is 11.4 Å². The molecule has 11 heteroatoms. The molecule has 0 aliphatic carbocycles. The number of para-hydroxylation sites is 1. The van der Waals surface area contributed by atoms with Gasteiger partial charge in [-0.3, -0.25) is 9.59 Å². The van der Waals surface area contributed by atoms with Crippen LogP contribution in [-0.2, 0) is 15.7 Å². The van der Waals surface area contributed by atoms with Crippen LogP contribution in [0.2, 0.25) is 0 Å². The fraction of sp³-hybridized carbons (Fsp3) is 0.217. The van der Waals surface area contributed by atoms with E-state index in [2.05, 4.69) is 15.2 Å². The van der Waals surface area contributed by atoms with Crippen LogP contribution in [0.15, 0.2) is 53.3 Å². The van der Waals surface area contributed by atoms with Crippen molar-refractivity contribution >= 4 is 17.6 Å². The SMILES string of the molecule is COC(=O)COc1ccc(NC(=O)c2nn(-c3ccccc3C(F)(F)F)c(C)cc2=O)c(C)c1. The van der Waals surface area contributed by atoms with Crippen molar-refractivity contribution in [1.82, 2.24) is 9.78 Å². The first kappa shape index (κ1) is 24.5. The molecule has 2 aromatic carbocycles. The van der Waals surface area contributed by atoms with Crippen molar-refractivity contribution in [3.05, 3.63) is 81.3 Å². The number of methoxy groups -OCH3 is 1. The number of alkyl halides is 3. The molecular formula is C23H20F3N3O5. The largest absolute Gasteiger partial charge is 0.482 e. The molecule has 0 spiro atoms. The van der Waals surface area contributed by atoms with E-state index in [0.29, 0.717) is 17.0 Å². The van der Waals surface area contributed by atoms with Gasteiger partial charge in [-0.2, -0.15) is 18.3 Å². The zero-order chi connectivity index (χ0) is 25.0. The van der Waals surface area contributed by atoms with E-state index in [1.165, 1.54) is 44.4 Å². The van der Waals surface area contributed by atoms with E-state index in [1.807, 2.05) is 0 Å². The highest BCUT2D eigenvalue weighted by Crippen LogP contribution is 2.33. The Bertz CT molecular complexity index is 1300. The van der Waals surface area contributed by atoms with E-state index in [-0.39, 0.29) is 18.0 Å². The van der Waals surface area contributed by atoms with Gasteiger partial charge in [-0.05, 0) is 49.7 Å². The third-order valence-corrected chi connectivity index (χ3v) is 4.79. The average Bonchev–Trinajstić information content (AvgIpc) is 2.78. The van der Waals surface area contributed by atoms with Crippen LogP contribution in [0.5, 0.6) is 5.75 Å². The van der Waals surface area contributed by atoms with Crippen molar-refractivity contribution < 1.29 is 32.2 Å². The first-order valence-electron chi connectivity index (χ1n) is 9.90. The summed E-state index contributed by atoms with van der Waals surface area (Å²) in [5.41, 5.74) is -1.60. The highest BCUT2D eigenvalue weighted by atomic mass is 19.4. The Hall–Kier alpha value is -4.15. The number of amides is 1. The number of aromatic nitrogens is 2. The van der Waals surface area contributed by atoms with Crippen molar-refractivity contribution in [2.45, 2.75) is 20.0 Å². The number of benzene rings is 2. The summed E-state index contributed by atoms with van der Waals surface area (Å²) in [6.07, 6.45) is -4.66. The number of nitrogens with zero attached hydrogens (tertiary/aromatic N) is 2. The Morgan fingerprint density at radius 3 is 2.44 bits per heavy atom. The van der Waals surface area contributed by atoms with Crippen LogP contribution < -0.4 is 15.5 Å². The number of halogens is 3. The van der Waals surface area contributed by atoms with Gasteiger partial charge in [0.2, 0.25) is 5.43 Å². The van der Waals surface area contributed by atoms with Gasteiger partial charge in [-0.25, -0.2) is 9.48 Å². The molecule has 0 atom stereocenters. The molecule has 0 saturated heterocycles. The molecule has 0 aliphatic rings. The molecule has 0 fully saturated rings. The van der Waals surface area contributed by atoms with Crippen LogP contribution in [0.1, 0.15) is 27.3 Å². The molecule has 1 aromatic heterocycles. The Balaban J connectivity index is 1.91. The summed E-state index contributed by atoms with van der Waals surface area (Å²) in [5.74, 6) is -1.11. The maximum atomic E-state index is 13.5. The number of ether oxygens (including phenoxy) is 2. The Labute approximate surface area is 191 Å². The summed E-state index contributed by atoms with van der Waals surface area (Å²) in [7, 11) is 1.23. The van der Waals surface area contributed by atoms with Crippen LogP contribution in [0.25, 0.3) is 5.69 Å². The molecule has 178 valence electrons. The highest BCUT2D eigenvalue weighted by molar-refractivity contribution is 6.03. The quantitative estimate of drug-likeness (QED) is 0.546. The molecular weight excluding hydrogens is 455 g/mol. The fourth-order valence-electron chi connectivity index (χ4n) is 3.10. The number of carbonyl (C=O) groups excluding carboxylic acids is 2. The number of nitrogens with one attached hydrogen (secondary N) is 1. The molecule has 1 N–H and O–H groups in total. The molecule has 0 unspecified atom stereocenters. The zero-order valence-electron chi connectivity index (χ0n) is 18.4. The second-order valence-corrected chi connectivity index (χ2v) is 7.22. The third kappa shape index (κ3) is 5.42. The number of anilines is 1. The van der Waals surface area contributed by atoms with Crippen LogP contribution in [0.3, 0.4) is 0 Å². The first-order chi connectivity index (χ1) is 16.0. The van der Waals surface area contributed by atoms with E-state index in [1.54, 1.807) is 13.0 Å². The van der Waals surface area contributed by atoms with Crippen LogP contribution in [0.4, 0.5) is 18.9 Å². The lowest BCUT2D eigenvalue weighted by Crippen LogP contribution is -2.27. The Kier molecular flexibility index (Phi) is 7.04. The van der Waals surface area contributed by atoms with Gasteiger partial charge in [0.1, 0.15) is 5.75 Å². The molecule has 1 heterocycles. The van der Waals surface area contributed by atoms with Gasteiger partial charge in [-0.15, -0.1) is 0 Å². The van der Waals surface area contributed by atoms with Gasteiger partial charge in [-0.1, -0.05) is 12.1 Å². The summed E-state index contributed by atoms with van der Waals surface area (Å²) >= 11 is 0. The monoisotopic (exact) mass is 475 g/mol. The second-order valence-electron chi connectivity index (χ2n) is 7.22. The van der Waals surface area contributed by atoms with Gasteiger partial charge in [0.25, 0.3) is 5.91 Å². The molecule has 3 aromatic rings. The number of esters is 1. The summed E-state index contributed by atoms with van der Waals surface area (Å²) in [6.45, 7) is 2.77. The summed E-state index contributed by atoms with van der Waals surface area (Å²) in [5, 5.41) is 6.46. The Morgan fingerprint density at radius 2 is 1.79 bits per heavy atom. The Morgan fingerprint density at radius 1 is 1.09 bits per heavy atom. The molecule has 0 aliphatic heterocycles. The van der Waals surface area contributed by atoms with Gasteiger partial charge in [0.15, 0.2) is 12.3 Å². The van der Waals surface area contributed by atoms with E-state index in [4.69, 9.17) is 4.74 Å². The predicted octanol–water partition coefficient (Wildman–Crippen LogP) is 3.67. The molecule has 1 amide bonds. The average molecular weight is 475 g/mol. The molecule has 0 saturated carbocycles. The summed E-state index contributed by atoms with van der Waals surface area (Å²) in [4.78, 5) is 36.4. The predicted molar refractivity (Wildman–Crippen MR) is 116 cm³/mol. The lowest BCUT2D eigenvalue weighted by Gasteiger charge is -2.17. The van der Waals surface area contributed by atoms with Crippen LogP contribution in [-0.4, -0.2) is 35.4 Å². The number of carbonyl (C=O) groups is 2. The van der Waals surface area contributed by atoms with E-state index < -0.39 is 34.7 Å². The van der Waals surface area contributed by atoms with Gasteiger partial charge < -0.3 is 14.8 Å². The van der Waals surface area contributed by atoms with Crippen LogP contribution >= 0.6 is 0 Å². The van der Waals surface area contributed by atoms with E-state index >= 15 is 0 Å². The molecule has 3 rings (SSSR count). The fourth-order valence-corrected chi connectivity index (χ4v) is 3.10. The lowest BCUT2D eigenvalue weighted by atomic mass is 10.1. The normalized spacial score (nSPS) is 11.1. The molecule has 34 heavy (non-hydrogen) atoms. The maximum Gasteiger partial charge on any atom is 0.418 e. The zero-order valence-corrected chi connectivity index (χ0v) is 18.4. The maximum absolute atomic E-state index is 13.5. The van der Waals surface area contributed by atoms with E-state index in [0.717, 1.165) is 16.8 Å². The summed E-state index contributed by atoms with van der Waals surface area (Å²) < 4.78 is 51.1. The van der Waals surface area contributed by atoms with Crippen molar-refractivity contribution in [2.24, 2.45) is 0 Å². The minimum absolute atomic E-state index is 0.126. The first-order valence-corrected chi connectivity index (χ1v) is 9.90. The van der Waals surface area contributed by atoms with Gasteiger partial charge >= 0.3 is 12.1 Å². The minimum atomic E-state index is -4.66. The topological polar surface area (TPSA) is 99.5 Å². The summed E-state index contributed by atoms with van der Waals surface area (Å²) in [6, 6.07) is 10.3. The number of rotatable bonds is 6. The second kappa shape index (κ2) is 9.77. The molecule has 0 radical (unpaired) electrons. The smallest absolute Gasteiger partial charge is 0.418 e. The molecule has 0 bridgehead atoms. The van der Waals surface area contributed by atoms with Crippen molar-refractivity contribution in [1.29, 1.82) is 0 Å². The highest BCUT2D eigenvalue weighted by Gasteiger charge is 2.34. The number of aryl methyl sites for hydroxylation is 2. The minimum Gasteiger partial charge on any atom is -0.482 e. The van der Waals surface area contributed by atoms with Crippen molar-refractivity contribution in [2.75, 3.05) is 19.0 Å². The third-order valence-electron chi connectivity index (χ3n) is 4.79. The van der Waals surface area contributed by atoms with Crippen LogP contribution in [0, 0.1) is 13.8 Å². The van der Waals surface area contributed by atoms with Crippen molar-refractivity contribution in [3.63, 3.8) is 0 Å². The van der Waals surface area contributed by atoms with Gasteiger partial charge in [0.05, 0.1) is 18.4 Å².